The number of hydrogen-bond donors (Lipinski definition) is 0. The average Bonchev–Trinajstić information content (AvgIpc) is 3.45. The van der Waals surface area contributed by atoms with Gasteiger partial charge in [0.25, 0.3) is 0 Å². The Morgan fingerprint density at radius 3 is 2.14 bits per heavy atom. The predicted octanol–water partition coefficient (Wildman–Crippen LogP) is 11.6. The monoisotopic (exact) mass is 884 g/mol. The van der Waals surface area contributed by atoms with Crippen molar-refractivity contribution in [2.75, 3.05) is 0 Å². The number of pyridine rings is 2. The Morgan fingerprint density at radius 1 is 0.735 bits per heavy atom. The van der Waals surface area contributed by atoms with Gasteiger partial charge in [-0.25, -0.2) is 0 Å². The molecule has 3 aromatic heterocycles. The van der Waals surface area contributed by atoms with Crippen LogP contribution in [0.2, 0.25) is 17.3 Å². The average molecular weight is 883 g/mol. The smallest absolute Gasteiger partial charge is 0 e. The second-order valence-electron chi connectivity index (χ2n) is 14.6. The van der Waals surface area contributed by atoms with E-state index in [0.717, 1.165) is 55.6 Å². The second-order valence-corrected chi connectivity index (χ2v) is 25.2. The van der Waals surface area contributed by atoms with Crippen LogP contribution in [-0.2, 0) is 25.5 Å². The summed E-state index contributed by atoms with van der Waals surface area (Å²) in [6.07, 6.45) is 3.88. The molecule has 0 aliphatic rings. The summed E-state index contributed by atoms with van der Waals surface area (Å²) in [6.45, 7) is 10.6. The van der Waals surface area contributed by atoms with Gasteiger partial charge in [-0.1, -0.05) is 74.7 Å². The summed E-state index contributed by atoms with van der Waals surface area (Å²) in [5, 5.41) is 2.21. The van der Waals surface area contributed by atoms with Gasteiger partial charge in [-0.05, 0) is 39.9 Å². The fraction of sp³-hybridized carbons (Fsp3) is 0.227. The zero-order valence-electron chi connectivity index (χ0n) is 30.6. The number of benzene rings is 4. The molecule has 0 saturated heterocycles. The molecule has 0 aliphatic carbocycles. The third kappa shape index (κ3) is 8.32. The predicted molar refractivity (Wildman–Crippen MR) is 206 cm³/mol. The topological polar surface area (TPSA) is 38.9 Å². The maximum atomic E-state index is 8.44. The van der Waals surface area contributed by atoms with E-state index in [1.165, 1.54) is 15.5 Å². The van der Waals surface area contributed by atoms with E-state index in [2.05, 4.69) is 127 Å². The zero-order chi connectivity index (χ0) is 35.0. The summed E-state index contributed by atoms with van der Waals surface area (Å²) in [5.74, 6) is 6.45. The first-order valence-corrected chi connectivity index (χ1v) is 23.9. The Bertz CT molecular complexity index is 2230. The maximum absolute atomic E-state index is 8.44. The summed E-state index contributed by atoms with van der Waals surface area (Å²) in [7, 11) is 0. The van der Waals surface area contributed by atoms with Crippen molar-refractivity contribution in [3.05, 3.63) is 139 Å². The SMILES string of the molecule is CC(C)(C)c1ccnc(-c2[c-]cc3oc4cc(-c5ccccc5)ccc4c3c2)c1.[2H]C(C)(C)c1cc(-c2[c-]cccc2)nc[c]1[Ge]([CH3])([CH3])[CH3].[Ir]. The number of aromatic nitrogens is 2. The summed E-state index contributed by atoms with van der Waals surface area (Å²) in [4.78, 5) is 9.21. The van der Waals surface area contributed by atoms with Crippen LogP contribution in [0.3, 0.4) is 0 Å². The van der Waals surface area contributed by atoms with E-state index in [1.54, 1.807) is 0 Å². The molecule has 0 N–H and O–H groups in total. The van der Waals surface area contributed by atoms with E-state index in [9.17, 15) is 0 Å². The molecule has 0 unspecified atom stereocenters. The van der Waals surface area contributed by atoms with Crippen molar-refractivity contribution in [2.24, 2.45) is 0 Å². The Hall–Kier alpha value is -3.83. The Kier molecular flexibility index (Phi) is 10.7. The molecule has 0 spiro atoms. The van der Waals surface area contributed by atoms with Crippen LogP contribution in [0.4, 0.5) is 0 Å². The van der Waals surface area contributed by atoms with Gasteiger partial charge in [0.05, 0.1) is 5.58 Å². The zero-order valence-corrected chi connectivity index (χ0v) is 34.1. The van der Waals surface area contributed by atoms with Crippen LogP contribution in [0.5, 0.6) is 0 Å². The third-order valence-corrected chi connectivity index (χ3v) is 12.9. The standard InChI is InChI=1S/C27H22NO.C17H22GeN.Ir/c1-27(2,3)21-13-14-28-24(17-21)20-10-12-25-23(15-20)22-11-9-19(16-26(22)29-25)18-7-5-4-6-8-18;1-13(2)15-11-17(14-9-7-6-8-10-14)19-12-16(15)18(3,4)5;/h4-9,11-17H,1-3H3;6-9,11-13H,1-5H3;/q2*-1;/i;13D;. The number of rotatable bonds is 5. The van der Waals surface area contributed by atoms with Crippen LogP contribution >= 0.6 is 0 Å². The second kappa shape index (κ2) is 15.0. The van der Waals surface area contributed by atoms with Gasteiger partial charge in [0.1, 0.15) is 5.58 Å². The summed E-state index contributed by atoms with van der Waals surface area (Å²) >= 11 is -2.03. The van der Waals surface area contributed by atoms with Gasteiger partial charge in [-0.2, -0.15) is 0 Å². The number of furan rings is 1. The van der Waals surface area contributed by atoms with E-state index >= 15 is 0 Å². The summed E-state index contributed by atoms with van der Waals surface area (Å²) < 4.78 is 15.9. The van der Waals surface area contributed by atoms with E-state index in [1.807, 2.05) is 62.6 Å². The van der Waals surface area contributed by atoms with Gasteiger partial charge in [0.2, 0.25) is 0 Å². The van der Waals surface area contributed by atoms with Crippen LogP contribution in [-0.4, -0.2) is 23.2 Å². The van der Waals surface area contributed by atoms with Crippen molar-refractivity contribution >= 4 is 39.6 Å². The molecule has 3 heterocycles. The molecule has 251 valence electrons. The number of nitrogens with zero attached hydrogens (tertiary/aromatic N) is 2. The van der Waals surface area contributed by atoms with Crippen molar-refractivity contribution < 1.29 is 25.9 Å². The number of hydrogen-bond acceptors (Lipinski definition) is 3. The molecule has 0 saturated carbocycles. The molecule has 0 amide bonds. The quantitative estimate of drug-likeness (QED) is 0.128. The molecular formula is C44H44GeIrN2O-2. The molecule has 0 fully saturated rings. The summed E-state index contributed by atoms with van der Waals surface area (Å²) in [6, 6.07) is 41.6. The van der Waals surface area contributed by atoms with Crippen LogP contribution in [0, 0.1) is 12.1 Å². The minimum Gasteiger partial charge on any atom is 0 e. The Morgan fingerprint density at radius 2 is 1.47 bits per heavy atom. The van der Waals surface area contributed by atoms with Crippen LogP contribution in [0.25, 0.3) is 55.6 Å². The molecule has 49 heavy (non-hydrogen) atoms. The minimum absolute atomic E-state index is 0. The van der Waals surface area contributed by atoms with E-state index in [4.69, 9.17) is 5.79 Å². The molecule has 1 radical (unpaired) electrons. The van der Waals surface area contributed by atoms with Crippen LogP contribution in [0.1, 0.15) is 53.0 Å². The molecule has 0 atom stereocenters. The van der Waals surface area contributed by atoms with Gasteiger partial charge < -0.3 is 9.40 Å². The fourth-order valence-corrected chi connectivity index (χ4v) is 9.21. The first-order valence-electron chi connectivity index (χ1n) is 17.1. The molecule has 4 aromatic carbocycles. The molecule has 7 aromatic rings. The first kappa shape index (κ1) is 35.0. The Labute approximate surface area is 309 Å². The summed E-state index contributed by atoms with van der Waals surface area (Å²) in [5.41, 5.74) is 10.4. The van der Waals surface area contributed by atoms with E-state index < -0.39 is 19.2 Å². The molecular weight excluding hydrogens is 837 g/mol. The van der Waals surface area contributed by atoms with Crippen LogP contribution < -0.4 is 4.40 Å². The van der Waals surface area contributed by atoms with Crippen molar-refractivity contribution in [3.8, 4) is 33.6 Å². The molecule has 3 nitrogen and oxygen atoms in total. The van der Waals surface area contributed by atoms with Gasteiger partial charge in [-0.3, -0.25) is 0 Å². The number of fused-ring (bicyclic) bond motifs is 3. The van der Waals surface area contributed by atoms with Crippen molar-refractivity contribution in [1.82, 2.24) is 9.97 Å². The minimum atomic E-state index is -2.03. The van der Waals surface area contributed by atoms with Gasteiger partial charge >= 0.3 is 120 Å². The van der Waals surface area contributed by atoms with Gasteiger partial charge in [0.15, 0.2) is 0 Å². The molecule has 5 heteroatoms. The third-order valence-electron chi connectivity index (χ3n) is 8.65. The maximum Gasteiger partial charge on any atom is 0 e. The normalized spacial score (nSPS) is 12.2. The van der Waals surface area contributed by atoms with Crippen molar-refractivity contribution in [3.63, 3.8) is 0 Å². The van der Waals surface area contributed by atoms with E-state index in [0.29, 0.717) is 0 Å². The molecule has 0 bridgehead atoms. The molecule has 7 rings (SSSR count). The van der Waals surface area contributed by atoms with Crippen molar-refractivity contribution in [1.29, 1.82) is 0 Å². The first-order chi connectivity index (χ1) is 23.2. The molecule has 0 aliphatic heterocycles. The fourth-order valence-electron chi connectivity index (χ4n) is 5.89. The van der Waals surface area contributed by atoms with E-state index in [-0.39, 0.29) is 25.5 Å². The van der Waals surface area contributed by atoms with Gasteiger partial charge in [0, 0.05) is 31.7 Å². The Balaban J connectivity index is 0.000000204. The van der Waals surface area contributed by atoms with Gasteiger partial charge in [-0.15, -0.1) is 23.8 Å². The largest absolute Gasteiger partial charge is 0 e. The van der Waals surface area contributed by atoms with Crippen LogP contribution in [0.15, 0.2) is 120 Å². The van der Waals surface area contributed by atoms with Crippen molar-refractivity contribution in [2.45, 2.75) is 63.2 Å².